The third-order valence-electron chi connectivity index (χ3n) is 6.97. The van der Waals surface area contributed by atoms with Gasteiger partial charge in [-0.15, -0.1) is 11.8 Å². The van der Waals surface area contributed by atoms with Crippen LogP contribution in [0.15, 0.2) is 60.9 Å². The van der Waals surface area contributed by atoms with Gasteiger partial charge in [0.1, 0.15) is 16.1 Å². The van der Waals surface area contributed by atoms with Crippen molar-refractivity contribution < 1.29 is 41.2 Å². The number of aromatic nitrogens is 1. The van der Waals surface area contributed by atoms with E-state index in [1.165, 1.54) is 30.6 Å². The molecule has 1 aromatic heterocycles. The van der Waals surface area contributed by atoms with Crippen LogP contribution in [0.3, 0.4) is 0 Å². The van der Waals surface area contributed by atoms with Crippen LogP contribution in [0.2, 0.25) is 10.0 Å². The van der Waals surface area contributed by atoms with E-state index in [1.807, 2.05) is 0 Å². The smallest absolute Gasteiger partial charge is 0.387 e. The minimum Gasteiger partial charge on any atom is -0.489 e. The van der Waals surface area contributed by atoms with E-state index in [-0.39, 0.29) is 30.2 Å². The summed E-state index contributed by atoms with van der Waals surface area (Å²) in [5.41, 5.74) is 1.47. The summed E-state index contributed by atoms with van der Waals surface area (Å²) >= 11 is 14.0. The fraction of sp³-hybridized carbons (Fsp3) is 0.379. The Hall–Kier alpha value is -2.64. The van der Waals surface area contributed by atoms with Gasteiger partial charge >= 0.3 is 12.6 Å². The lowest BCUT2D eigenvalue weighted by Gasteiger charge is -2.26. The molecule has 14 heteroatoms. The lowest BCUT2D eigenvalue weighted by atomic mass is 10.0. The summed E-state index contributed by atoms with van der Waals surface area (Å²) in [5, 5.41) is -0.532. The van der Waals surface area contributed by atoms with Gasteiger partial charge in [0.2, 0.25) is 10.0 Å². The molecular formula is C29H29Cl2F2N2O6S2+. The fourth-order valence-electron chi connectivity index (χ4n) is 4.60. The summed E-state index contributed by atoms with van der Waals surface area (Å²) < 4.78 is 70.5. The second kappa shape index (κ2) is 14.0. The van der Waals surface area contributed by atoms with Crippen LogP contribution in [-0.4, -0.2) is 49.6 Å². The number of halogens is 4. The van der Waals surface area contributed by atoms with Gasteiger partial charge in [0.25, 0.3) is 0 Å². The van der Waals surface area contributed by atoms with E-state index in [0.717, 1.165) is 28.9 Å². The van der Waals surface area contributed by atoms with E-state index < -0.39 is 34.1 Å². The maximum atomic E-state index is 13.6. The summed E-state index contributed by atoms with van der Waals surface area (Å²) in [6.45, 7) is -2.59. The van der Waals surface area contributed by atoms with Gasteiger partial charge in [-0.05, 0) is 42.0 Å². The molecule has 3 aromatic rings. The van der Waals surface area contributed by atoms with E-state index in [1.54, 1.807) is 30.3 Å². The second-order valence-corrected chi connectivity index (χ2v) is 14.1. The third kappa shape index (κ3) is 8.30. The Bertz CT molecular complexity index is 1530. The number of aromatic amines is 1. The van der Waals surface area contributed by atoms with Crippen LogP contribution in [0.25, 0.3) is 0 Å². The van der Waals surface area contributed by atoms with Crippen LogP contribution in [0.4, 0.5) is 8.78 Å². The molecule has 0 unspecified atom stereocenters. The zero-order valence-corrected chi connectivity index (χ0v) is 25.9. The van der Waals surface area contributed by atoms with Crippen LogP contribution in [0.5, 0.6) is 11.5 Å². The molecule has 1 aliphatic carbocycles. The molecule has 0 radical (unpaired) electrons. The quantitative estimate of drug-likeness (QED) is 0.208. The van der Waals surface area contributed by atoms with Crippen LogP contribution >= 0.6 is 35.0 Å². The van der Waals surface area contributed by atoms with E-state index in [2.05, 4.69) is 9.72 Å². The van der Waals surface area contributed by atoms with Crippen molar-refractivity contribution in [2.45, 2.75) is 43.1 Å². The number of sulfonamides is 1. The number of carbonyl (C=O) groups is 1. The highest BCUT2D eigenvalue weighted by molar-refractivity contribution is 8.01. The first-order chi connectivity index (χ1) is 20.6. The van der Waals surface area contributed by atoms with Crippen LogP contribution in [0, 0.1) is 5.92 Å². The number of rotatable bonds is 13. The molecule has 2 aliphatic rings. The van der Waals surface area contributed by atoms with E-state index in [0.29, 0.717) is 45.0 Å². The fourth-order valence-corrected chi connectivity index (χ4v) is 8.34. The minimum absolute atomic E-state index is 0.0172. The molecule has 2 heterocycles. The van der Waals surface area contributed by atoms with Crippen LogP contribution in [-0.2, 0) is 31.7 Å². The monoisotopic (exact) mass is 673 g/mol. The van der Waals surface area contributed by atoms with Gasteiger partial charge in [-0.2, -0.15) is 13.1 Å². The first-order valence-corrected chi connectivity index (χ1v) is 16.9. The predicted molar refractivity (Wildman–Crippen MR) is 159 cm³/mol. The van der Waals surface area contributed by atoms with Crippen molar-refractivity contribution in [3.05, 3.63) is 87.7 Å². The molecule has 0 amide bonds. The molecule has 1 aliphatic heterocycles. The molecule has 0 spiro atoms. The third-order valence-corrected chi connectivity index (χ3v) is 10.8. The topological polar surface area (TPSA) is 96.3 Å². The SMILES string of the molecule is O=C(O[C@@H](Cc1c(Cl)c[nH+]cc1Cl)c1ccc(OC(F)F)c(OCC2CC2)c1)[C@@H]1SCCN1S(=O)(=O)Cc1ccccc1. The Kier molecular flexibility index (Phi) is 10.3. The summed E-state index contributed by atoms with van der Waals surface area (Å²) in [5.74, 6) is -0.374. The number of carbonyl (C=O) groups excluding carboxylic acids is 1. The van der Waals surface area contributed by atoms with Crippen LogP contribution in [0.1, 0.15) is 35.6 Å². The molecular weight excluding hydrogens is 645 g/mol. The Morgan fingerprint density at radius 1 is 1.07 bits per heavy atom. The van der Waals surface area contributed by atoms with E-state index >= 15 is 0 Å². The number of nitrogens with one attached hydrogen (secondary N) is 1. The van der Waals surface area contributed by atoms with Gasteiger partial charge in [-0.25, -0.2) is 18.2 Å². The van der Waals surface area contributed by atoms with Crippen molar-refractivity contribution in [3.63, 3.8) is 0 Å². The predicted octanol–water partition coefficient (Wildman–Crippen LogP) is 5.93. The van der Waals surface area contributed by atoms with Crippen molar-refractivity contribution in [2.24, 2.45) is 5.92 Å². The zero-order valence-electron chi connectivity index (χ0n) is 22.8. The Balaban J connectivity index is 1.43. The minimum atomic E-state index is -3.86. The molecule has 43 heavy (non-hydrogen) atoms. The van der Waals surface area contributed by atoms with Crippen molar-refractivity contribution >= 4 is 51.0 Å². The van der Waals surface area contributed by atoms with Crippen molar-refractivity contribution in [3.8, 4) is 11.5 Å². The van der Waals surface area contributed by atoms with Gasteiger partial charge < -0.3 is 14.2 Å². The number of thioether (sulfide) groups is 1. The summed E-state index contributed by atoms with van der Waals surface area (Å²) in [6.07, 6.45) is 4.01. The Morgan fingerprint density at radius 3 is 2.47 bits per heavy atom. The summed E-state index contributed by atoms with van der Waals surface area (Å²) in [4.78, 5) is 16.5. The molecule has 1 saturated heterocycles. The first-order valence-electron chi connectivity index (χ1n) is 13.5. The average molecular weight is 675 g/mol. The van der Waals surface area contributed by atoms with E-state index in [9.17, 15) is 22.0 Å². The second-order valence-electron chi connectivity index (χ2n) is 10.2. The van der Waals surface area contributed by atoms with Gasteiger partial charge in [-0.3, -0.25) is 0 Å². The molecule has 8 nitrogen and oxygen atoms in total. The van der Waals surface area contributed by atoms with Crippen LogP contribution < -0.4 is 14.5 Å². The molecule has 1 saturated carbocycles. The highest BCUT2D eigenvalue weighted by Crippen LogP contribution is 2.39. The Morgan fingerprint density at radius 2 is 1.79 bits per heavy atom. The number of H-pyrrole nitrogens is 1. The number of benzene rings is 2. The van der Waals surface area contributed by atoms with Gasteiger partial charge in [0.05, 0.1) is 12.4 Å². The number of pyridine rings is 1. The molecule has 230 valence electrons. The maximum absolute atomic E-state index is 13.6. The van der Waals surface area contributed by atoms with E-state index in [4.69, 9.17) is 32.7 Å². The largest absolute Gasteiger partial charge is 0.489 e. The number of esters is 1. The zero-order chi connectivity index (χ0) is 30.6. The molecule has 2 fully saturated rings. The molecule has 5 rings (SSSR count). The number of alkyl halides is 2. The van der Waals surface area contributed by atoms with Gasteiger partial charge in [0.15, 0.2) is 29.3 Å². The summed E-state index contributed by atoms with van der Waals surface area (Å²) in [6, 6.07) is 13.0. The molecule has 0 bridgehead atoms. The molecule has 2 aromatic carbocycles. The van der Waals surface area contributed by atoms with Gasteiger partial charge in [0, 0.05) is 24.3 Å². The van der Waals surface area contributed by atoms with Crippen molar-refractivity contribution in [1.82, 2.24) is 4.31 Å². The maximum Gasteiger partial charge on any atom is 0.387 e. The first kappa shape index (κ1) is 31.8. The average Bonchev–Trinajstić information content (AvgIpc) is 3.65. The highest BCUT2D eigenvalue weighted by Gasteiger charge is 2.41. The summed E-state index contributed by atoms with van der Waals surface area (Å²) in [7, 11) is -3.86. The normalized spacial score (nSPS) is 18.0. The van der Waals surface area contributed by atoms with Crippen molar-refractivity contribution in [2.75, 3.05) is 18.9 Å². The van der Waals surface area contributed by atoms with Gasteiger partial charge in [-0.1, -0.05) is 59.6 Å². The lowest BCUT2D eigenvalue weighted by Crippen LogP contribution is -2.41. The number of hydrogen-bond donors (Lipinski definition) is 0. The number of nitrogens with zero attached hydrogens (tertiary/aromatic N) is 1. The number of ether oxygens (including phenoxy) is 3. The Labute approximate surface area is 262 Å². The highest BCUT2D eigenvalue weighted by atomic mass is 35.5. The van der Waals surface area contributed by atoms with Crippen molar-refractivity contribution in [1.29, 1.82) is 0 Å². The lowest BCUT2D eigenvalue weighted by molar-refractivity contribution is -0.377. The molecule has 2 atom stereocenters. The molecule has 1 N–H and O–H groups in total. The number of hydrogen-bond acceptors (Lipinski definition) is 7. The standard InChI is InChI=1S/C29H28Cl2F2N2O6S2/c30-22-14-34-15-23(31)21(22)13-25(20-8-9-24(41-29(32)33)26(12-20)39-16-18-6-7-18)40-28(36)27-35(10-11-42-27)43(37,38)17-19-4-2-1-3-5-19/h1-5,8-9,12,14-15,18,25,27,29H,6-7,10-11,13,16-17H2/p+1/t25-,27-/m0/s1.